The van der Waals surface area contributed by atoms with Crippen LogP contribution in [0.25, 0.3) is 0 Å². The molecule has 4 heteroatoms. The van der Waals surface area contributed by atoms with Crippen molar-refractivity contribution in [2.45, 2.75) is 19.4 Å². The maximum absolute atomic E-state index is 6.43. The molecule has 0 fully saturated rings. The Hall–Kier alpha value is -0.840. The van der Waals surface area contributed by atoms with E-state index in [-0.39, 0.29) is 6.04 Å². The molecular formula is C16H17Br2NO. The number of benzene rings is 2. The van der Waals surface area contributed by atoms with E-state index in [0.717, 1.165) is 32.2 Å². The van der Waals surface area contributed by atoms with Gasteiger partial charge in [0.05, 0.1) is 12.6 Å². The largest absolute Gasteiger partial charge is 0.493 e. The van der Waals surface area contributed by atoms with Crippen molar-refractivity contribution in [2.75, 3.05) is 6.61 Å². The SMILES string of the molecule is CCCOc1ccccc1C(N)c1cc(Br)ccc1Br. The molecule has 0 heterocycles. The van der Waals surface area contributed by atoms with Crippen LogP contribution in [0, 0.1) is 0 Å². The Kier molecular flexibility index (Phi) is 5.64. The Balaban J connectivity index is 2.37. The number of para-hydroxylation sites is 1. The van der Waals surface area contributed by atoms with Crippen molar-refractivity contribution < 1.29 is 4.74 Å². The molecule has 1 unspecified atom stereocenters. The molecule has 0 bridgehead atoms. The quantitative estimate of drug-likeness (QED) is 0.764. The zero-order valence-electron chi connectivity index (χ0n) is 11.3. The second-order valence-corrected chi connectivity index (χ2v) is 6.30. The molecule has 0 saturated carbocycles. The molecule has 2 nitrogen and oxygen atoms in total. The summed E-state index contributed by atoms with van der Waals surface area (Å²) in [7, 11) is 0. The summed E-state index contributed by atoms with van der Waals surface area (Å²) in [5.41, 5.74) is 8.46. The number of ether oxygens (including phenoxy) is 1. The van der Waals surface area contributed by atoms with Crippen LogP contribution in [0.2, 0.25) is 0 Å². The van der Waals surface area contributed by atoms with Crippen molar-refractivity contribution in [3.05, 3.63) is 62.5 Å². The predicted octanol–water partition coefficient (Wildman–Crippen LogP) is 5.05. The summed E-state index contributed by atoms with van der Waals surface area (Å²) in [5.74, 6) is 0.855. The average molecular weight is 399 g/mol. The Morgan fingerprint density at radius 1 is 1.10 bits per heavy atom. The summed E-state index contributed by atoms with van der Waals surface area (Å²) < 4.78 is 7.80. The minimum absolute atomic E-state index is 0.227. The van der Waals surface area contributed by atoms with Crippen LogP contribution in [-0.4, -0.2) is 6.61 Å². The third-order valence-corrected chi connectivity index (χ3v) is 4.22. The molecule has 0 radical (unpaired) electrons. The number of halogens is 2. The Labute approximate surface area is 136 Å². The number of nitrogens with two attached hydrogens (primary N) is 1. The summed E-state index contributed by atoms with van der Waals surface area (Å²) in [5, 5.41) is 0. The molecule has 2 aromatic rings. The molecule has 1 atom stereocenters. The molecule has 0 amide bonds. The van der Waals surface area contributed by atoms with Crippen LogP contribution in [-0.2, 0) is 0 Å². The van der Waals surface area contributed by atoms with E-state index in [1.54, 1.807) is 0 Å². The van der Waals surface area contributed by atoms with Crippen LogP contribution in [0.15, 0.2) is 51.4 Å². The van der Waals surface area contributed by atoms with Gasteiger partial charge in [0.25, 0.3) is 0 Å². The molecule has 0 aliphatic carbocycles. The summed E-state index contributed by atoms with van der Waals surface area (Å²) in [6.45, 7) is 2.79. The highest BCUT2D eigenvalue weighted by Crippen LogP contribution is 2.33. The van der Waals surface area contributed by atoms with Gasteiger partial charge in [0, 0.05) is 14.5 Å². The summed E-state index contributed by atoms with van der Waals surface area (Å²) in [4.78, 5) is 0. The van der Waals surface area contributed by atoms with E-state index < -0.39 is 0 Å². The van der Waals surface area contributed by atoms with Gasteiger partial charge in [0.1, 0.15) is 5.75 Å². The molecule has 2 N–H and O–H groups in total. The highest BCUT2D eigenvalue weighted by Gasteiger charge is 2.16. The zero-order chi connectivity index (χ0) is 14.5. The fraction of sp³-hybridized carbons (Fsp3) is 0.250. The Morgan fingerprint density at radius 3 is 2.60 bits per heavy atom. The first kappa shape index (κ1) is 15.5. The molecular weight excluding hydrogens is 382 g/mol. The third kappa shape index (κ3) is 3.62. The second kappa shape index (κ2) is 7.25. The maximum Gasteiger partial charge on any atom is 0.124 e. The van der Waals surface area contributed by atoms with E-state index in [2.05, 4.69) is 38.8 Å². The lowest BCUT2D eigenvalue weighted by Gasteiger charge is -2.18. The number of hydrogen-bond acceptors (Lipinski definition) is 2. The monoisotopic (exact) mass is 397 g/mol. The lowest BCUT2D eigenvalue weighted by molar-refractivity contribution is 0.313. The minimum Gasteiger partial charge on any atom is -0.493 e. The van der Waals surface area contributed by atoms with Crippen molar-refractivity contribution in [3.8, 4) is 5.75 Å². The van der Waals surface area contributed by atoms with Gasteiger partial charge >= 0.3 is 0 Å². The molecule has 20 heavy (non-hydrogen) atoms. The molecule has 106 valence electrons. The van der Waals surface area contributed by atoms with Crippen molar-refractivity contribution in [1.29, 1.82) is 0 Å². The van der Waals surface area contributed by atoms with Gasteiger partial charge in [0.15, 0.2) is 0 Å². The Morgan fingerprint density at radius 2 is 1.85 bits per heavy atom. The third-order valence-electron chi connectivity index (χ3n) is 3.01. The van der Waals surface area contributed by atoms with Crippen LogP contribution in [0.4, 0.5) is 0 Å². The molecule has 2 rings (SSSR count). The lowest BCUT2D eigenvalue weighted by atomic mass is 9.99. The van der Waals surface area contributed by atoms with E-state index in [9.17, 15) is 0 Å². The molecule has 0 aromatic heterocycles. The van der Waals surface area contributed by atoms with E-state index in [4.69, 9.17) is 10.5 Å². The van der Waals surface area contributed by atoms with Gasteiger partial charge in [-0.25, -0.2) is 0 Å². The van der Waals surface area contributed by atoms with Crippen LogP contribution in [0.5, 0.6) is 5.75 Å². The van der Waals surface area contributed by atoms with Crippen LogP contribution >= 0.6 is 31.9 Å². The Bertz CT molecular complexity index is 586. The van der Waals surface area contributed by atoms with Gasteiger partial charge in [-0.05, 0) is 36.2 Å². The van der Waals surface area contributed by atoms with Crippen molar-refractivity contribution in [3.63, 3.8) is 0 Å². The van der Waals surface area contributed by atoms with Crippen molar-refractivity contribution >= 4 is 31.9 Å². The van der Waals surface area contributed by atoms with E-state index in [1.165, 1.54) is 0 Å². The highest BCUT2D eigenvalue weighted by molar-refractivity contribution is 9.11. The summed E-state index contributed by atoms with van der Waals surface area (Å²) >= 11 is 7.05. The summed E-state index contributed by atoms with van der Waals surface area (Å²) in [6.07, 6.45) is 0.976. The van der Waals surface area contributed by atoms with Gasteiger partial charge in [-0.2, -0.15) is 0 Å². The second-order valence-electron chi connectivity index (χ2n) is 4.53. The van der Waals surface area contributed by atoms with Gasteiger partial charge in [0.2, 0.25) is 0 Å². The molecule has 0 saturated heterocycles. The van der Waals surface area contributed by atoms with E-state index in [0.29, 0.717) is 6.61 Å². The predicted molar refractivity (Wildman–Crippen MR) is 90.1 cm³/mol. The lowest BCUT2D eigenvalue weighted by Crippen LogP contribution is -2.14. The van der Waals surface area contributed by atoms with Crippen LogP contribution in [0.3, 0.4) is 0 Å². The fourth-order valence-electron chi connectivity index (χ4n) is 2.00. The standard InChI is InChI=1S/C16H17Br2NO/c1-2-9-20-15-6-4-3-5-12(15)16(19)13-10-11(17)7-8-14(13)18/h3-8,10,16H,2,9,19H2,1H3. The molecule has 0 aliphatic heterocycles. The number of hydrogen-bond donors (Lipinski definition) is 1. The average Bonchev–Trinajstić information content (AvgIpc) is 2.47. The molecule has 0 spiro atoms. The first-order valence-electron chi connectivity index (χ1n) is 6.55. The smallest absolute Gasteiger partial charge is 0.124 e. The van der Waals surface area contributed by atoms with Crippen molar-refractivity contribution in [2.24, 2.45) is 5.73 Å². The number of rotatable bonds is 5. The first-order chi connectivity index (χ1) is 9.63. The minimum atomic E-state index is -0.227. The summed E-state index contributed by atoms with van der Waals surface area (Å²) in [6, 6.07) is 13.7. The topological polar surface area (TPSA) is 35.2 Å². The van der Waals surface area contributed by atoms with Gasteiger partial charge in [-0.1, -0.05) is 57.0 Å². The van der Waals surface area contributed by atoms with Gasteiger partial charge in [-0.3, -0.25) is 0 Å². The molecule has 0 aliphatic rings. The van der Waals surface area contributed by atoms with Crippen LogP contribution < -0.4 is 10.5 Å². The zero-order valence-corrected chi connectivity index (χ0v) is 14.4. The van der Waals surface area contributed by atoms with E-state index >= 15 is 0 Å². The highest BCUT2D eigenvalue weighted by atomic mass is 79.9. The van der Waals surface area contributed by atoms with Crippen LogP contribution in [0.1, 0.15) is 30.5 Å². The van der Waals surface area contributed by atoms with Gasteiger partial charge in [-0.15, -0.1) is 0 Å². The normalized spacial score (nSPS) is 12.2. The van der Waals surface area contributed by atoms with E-state index in [1.807, 2.05) is 42.5 Å². The maximum atomic E-state index is 6.43. The van der Waals surface area contributed by atoms with Gasteiger partial charge < -0.3 is 10.5 Å². The van der Waals surface area contributed by atoms with Crippen molar-refractivity contribution in [1.82, 2.24) is 0 Å². The fourth-order valence-corrected chi connectivity index (χ4v) is 2.87. The first-order valence-corrected chi connectivity index (χ1v) is 8.14. The molecule has 2 aromatic carbocycles.